The van der Waals surface area contributed by atoms with E-state index in [1.807, 2.05) is 19.1 Å². The number of nitrogens with zero attached hydrogens (tertiary/aromatic N) is 4. The van der Waals surface area contributed by atoms with Crippen LogP contribution in [0.25, 0.3) is 11.7 Å². The lowest BCUT2D eigenvalue weighted by Gasteiger charge is -2.36. The third kappa shape index (κ3) is 4.87. The number of fused-ring (bicyclic) bond motifs is 1. The van der Waals surface area contributed by atoms with Crippen molar-refractivity contribution in [1.29, 1.82) is 0 Å². The Kier molecular flexibility index (Phi) is 7.24. The Morgan fingerprint density at radius 1 is 1.21 bits per heavy atom. The lowest BCUT2D eigenvalue weighted by atomic mass is 9.91. The van der Waals surface area contributed by atoms with E-state index in [0.717, 1.165) is 44.3 Å². The van der Waals surface area contributed by atoms with Crippen molar-refractivity contribution in [1.82, 2.24) is 14.3 Å². The molecule has 0 aliphatic carbocycles. The first-order chi connectivity index (χ1) is 15.8. The first-order valence-electron chi connectivity index (χ1n) is 11.8. The number of amides is 1. The van der Waals surface area contributed by atoms with Crippen molar-refractivity contribution in [2.45, 2.75) is 53.4 Å². The highest BCUT2D eigenvalue weighted by Crippen LogP contribution is 2.35. The second-order valence-electron chi connectivity index (χ2n) is 9.43. The lowest BCUT2D eigenvalue weighted by molar-refractivity contribution is -0.122. The predicted molar refractivity (Wildman–Crippen MR) is 141 cm³/mol. The Morgan fingerprint density at radius 3 is 2.64 bits per heavy atom. The highest BCUT2D eigenvalue weighted by atomic mass is 32.2. The summed E-state index contributed by atoms with van der Waals surface area (Å²) < 4.78 is 2.15. The predicted octanol–water partition coefficient (Wildman–Crippen LogP) is 4.88. The molecule has 2 aromatic heterocycles. The second kappa shape index (κ2) is 9.97. The maximum absolute atomic E-state index is 13.7. The van der Waals surface area contributed by atoms with E-state index < -0.39 is 0 Å². The lowest BCUT2D eigenvalue weighted by Crippen LogP contribution is -2.40. The van der Waals surface area contributed by atoms with Gasteiger partial charge in [-0.05, 0) is 49.3 Å². The molecule has 0 saturated carbocycles. The molecule has 0 bridgehead atoms. The number of thiocarbonyl (C=S) groups is 1. The van der Waals surface area contributed by atoms with E-state index in [-0.39, 0.29) is 11.5 Å². The normalized spacial score (nSPS) is 22.7. The molecule has 4 rings (SSSR count). The molecule has 8 heteroatoms. The minimum atomic E-state index is -0.152. The van der Waals surface area contributed by atoms with E-state index in [2.05, 4.69) is 25.7 Å². The monoisotopic (exact) mass is 484 g/mol. The van der Waals surface area contributed by atoms with Gasteiger partial charge in [0.15, 0.2) is 0 Å². The van der Waals surface area contributed by atoms with Crippen molar-refractivity contribution in [2.24, 2.45) is 11.8 Å². The summed E-state index contributed by atoms with van der Waals surface area (Å²) in [6.07, 6.45) is 7.69. The van der Waals surface area contributed by atoms with Crippen LogP contribution in [0.2, 0.25) is 0 Å². The Morgan fingerprint density at radius 2 is 1.94 bits per heavy atom. The van der Waals surface area contributed by atoms with Crippen molar-refractivity contribution in [3.05, 3.63) is 44.7 Å². The van der Waals surface area contributed by atoms with Crippen LogP contribution in [0, 0.1) is 18.8 Å². The molecular weight excluding hydrogens is 452 g/mol. The van der Waals surface area contributed by atoms with Gasteiger partial charge in [-0.15, -0.1) is 0 Å². The van der Waals surface area contributed by atoms with Crippen LogP contribution in [0.15, 0.2) is 28.0 Å². The third-order valence-electron chi connectivity index (χ3n) is 6.37. The zero-order valence-corrected chi connectivity index (χ0v) is 21.5. The average Bonchev–Trinajstić information content (AvgIpc) is 3.03. The Balaban J connectivity index is 1.81. The van der Waals surface area contributed by atoms with Gasteiger partial charge in [-0.3, -0.25) is 18.9 Å². The fraction of sp³-hybridized carbons (Fsp3) is 0.520. The van der Waals surface area contributed by atoms with Crippen molar-refractivity contribution < 1.29 is 4.79 Å². The molecule has 2 aliphatic rings. The molecule has 2 aromatic rings. The maximum atomic E-state index is 13.7. The van der Waals surface area contributed by atoms with Gasteiger partial charge in [0.05, 0.1) is 10.5 Å². The van der Waals surface area contributed by atoms with Gasteiger partial charge < -0.3 is 4.90 Å². The van der Waals surface area contributed by atoms with Crippen LogP contribution in [-0.4, -0.2) is 44.1 Å². The van der Waals surface area contributed by atoms with Crippen molar-refractivity contribution in [3.63, 3.8) is 0 Å². The van der Waals surface area contributed by atoms with Crippen molar-refractivity contribution in [2.75, 3.05) is 24.5 Å². The van der Waals surface area contributed by atoms with Gasteiger partial charge in [0.1, 0.15) is 15.8 Å². The van der Waals surface area contributed by atoms with Gasteiger partial charge in [-0.1, -0.05) is 63.7 Å². The zero-order valence-electron chi connectivity index (χ0n) is 19.8. The molecule has 2 saturated heterocycles. The topological polar surface area (TPSA) is 57.9 Å². The average molecular weight is 485 g/mol. The summed E-state index contributed by atoms with van der Waals surface area (Å²) >= 11 is 6.78. The molecule has 0 radical (unpaired) electrons. The second-order valence-corrected chi connectivity index (χ2v) is 11.1. The Hall–Kier alpha value is -2.19. The van der Waals surface area contributed by atoms with Crippen LogP contribution < -0.4 is 10.5 Å². The summed E-state index contributed by atoms with van der Waals surface area (Å²) in [7, 11) is 0. The smallest absolute Gasteiger partial charge is 0.267 e. The summed E-state index contributed by atoms with van der Waals surface area (Å²) in [6.45, 7) is 10.9. The van der Waals surface area contributed by atoms with Gasteiger partial charge in [-0.2, -0.15) is 0 Å². The first kappa shape index (κ1) is 24.0. The number of unbranched alkanes of at least 4 members (excludes halogenated alkanes) is 2. The standard InChI is InChI=1S/C25H32N4O2S2/c1-5-6-7-10-29-24(31)20(33-25(29)32)13-19-22(27-14-16(2)12-17(3)15-27)26-21-18(4)9-8-11-28(21)23(19)30/h8-9,11,13,16-17H,5-7,10,12,14-15H2,1-4H3/b20-13+/t16-,17+. The van der Waals surface area contributed by atoms with Crippen LogP contribution in [0.4, 0.5) is 5.82 Å². The molecule has 0 unspecified atom stereocenters. The molecule has 0 aromatic carbocycles. The number of piperidine rings is 1. The summed E-state index contributed by atoms with van der Waals surface area (Å²) in [5.41, 5.74) is 1.92. The highest BCUT2D eigenvalue weighted by molar-refractivity contribution is 8.26. The summed E-state index contributed by atoms with van der Waals surface area (Å²) in [6, 6.07) is 3.82. The van der Waals surface area contributed by atoms with Crippen LogP contribution in [0.3, 0.4) is 0 Å². The SMILES string of the molecule is CCCCCN1C(=O)/C(=C\c2c(N3C[C@H](C)C[C@H](C)C3)nc3c(C)cccn3c2=O)SC1=S. The number of pyridine rings is 1. The van der Waals surface area contributed by atoms with Gasteiger partial charge in [0.25, 0.3) is 11.5 Å². The first-order valence-corrected chi connectivity index (χ1v) is 13.0. The molecule has 0 spiro atoms. The maximum Gasteiger partial charge on any atom is 0.267 e. The summed E-state index contributed by atoms with van der Waals surface area (Å²) in [4.78, 5) is 36.2. The fourth-order valence-electron chi connectivity index (χ4n) is 4.85. The molecule has 2 aliphatic heterocycles. The molecule has 176 valence electrons. The van der Waals surface area contributed by atoms with E-state index in [9.17, 15) is 9.59 Å². The highest BCUT2D eigenvalue weighted by Gasteiger charge is 2.33. The number of rotatable bonds is 6. The summed E-state index contributed by atoms with van der Waals surface area (Å²) in [5.74, 6) is 1.58. The van der Waals surface area contributed by atoms with Crippen molar-refractivity contribution >= 4 is 51.7 Å². The fourth-order valence-corrected chi connectivity index (χ4v) is 6.14. The van der Waals surface area contributed by atoms with E-state index >= 15 is 0 Å². The van der Waals surface area contributed by atoms with Crippen LogP contribution >= 0.6 is 24.0 Å². The van der Waals surface area contributed by atoms with E-state index in [4.69, 9.17) is 17.2 Å². The van der Waals surface area contributed by atoms with E-state index in [1.165, 1.54) is 11.8 Å². The Labute approximate surface area is 205 Å². The van der Waals surface area contributed by atoms with Gasteiger partial charge in [-0.25, -0.2) is 4.98 Å². The molecule has 2 fully saturated rings. The molecular formula is C25H32N4O2S2. The molecule has 2 atom stereocenters. The molecule has 6 nitrogen and oxygen atoms in total. The third-order valence-corrected chi connectivity index (χ3v) is 7.74. The summed E-state index contributed by atoms with van der Waals surface area (Å²) in [5, 5.41) is 0. The number of aryl methyl sites for hydroxylation is 1. The van der Waals surface area contributed by atoms with Gasteiger partial charge in [0.2, 0.25) is 0 Å². The number of carbonyl (C=O) groups excluding carboxylic acids is 1. The number of anilines is 1. The quantitative estimate of drug-likeness (QED) is 0.331. The van der Waals surface area contributed by atoms with E-state index in [0.29, 0.717) is 44.6 Å². The van der Waals surface area contributed by atoms with Gasteiger partial charge in [0, 0.05) is 25.8 Å². The number of carbonyl (C=O) groups is 1. The van der Waals surface area contributed by atoms with Crippen LogP contribution in [0.1, 0.15) is 57.6 Å². The molecule has 33 heavy (non-hydrogen) atoms. The zero-order chi connectivity index (χ0) is 23.7. The number of hydrogen-bond donors (Lipinski definition) is 0. The molecule has 1 amide bonds. The van der Waals surface area contributed by atoms with Crippen LogP contribution in [-0.2, 0) is 4.79 Å². The molecule has 0 N–H and O–H groups in total. The van der Waals surface area contributed by atoms with Crippen LogP contribution in [0.5, 0.6) is 0 Å². The molecule has 4 heterocycles. The number of hydrogen-bond acceptors (Lipinski definition) is 6. The number of aromatic nitrogens is 2. The largest absolute Gasteiger partial charge is 0.355 e. The number of thioether (sulfide) groups is 1. The minimum absolute atomic E-state index is 0.110. The Bertz CT molecular complexity index is 1160. The minimum Gasteiger partial charge on any atom is -0.355 e. The van der Waals surface area contributed by atoms with Gasteiger partial charge >= 0.3 is 0 Å². The van der Waals surface area contributed by atoms with Crippen molar-refractivity contribution in [3.8, 4) is 0 Å². The van der Waals surface area contributed by atoms with E-state index in [1.54, 1.807) is 21.6 Å².